The Morgan fingerprint density at radius 1 is 1.03 bits per heavy atom. The highest BCUT2D eigenvalue weighted by atomic mass is 16.2. The van der Waals surface area contributed by atoms with Crippen molar-refractivity contribution in [2.75, 3.05) is 18.4 Å². The molecule has 3 aromatic rings. The Kier molecular flexibility index (Phi) is 6.62. The first kappa shape index (κ1) is 20.7. The number of carbonyl (C=O) groups is 2. The maximum atomic E-state index is 12.8. The molecule has 1 aliphatic rings. The number of imidazole rings is 1. The van der Waals surface area contributed by atoms with Gasteiger partial charge >= 0.3 is 6.03 Å². The molecule has 2 N–H and O–H groups in total. The van der Waals surface area contributed by atoms with Crippen molar-refractivity contribution in [3.63, 3.8) is 0 Å². The molecular weight excluding hydrogens is 390 g/mol. The molecule has 31 heavy (non-hydrogen) atoms. The van der Waals surface area contributed by atoms with Crippen molar-refractivity contribution in [3.8, 4) is 0 Å². The number of aromatic nitrogens is 2. The van der Waals surface area contributed by atoms with E-state index in [-0.39, 0.29) is 17.9 Å². The first-order valence-electron chi connectivity index (χ1n) is 10.6. The van der Waals surface area contributed by atoms with Crippen LogP contribution < -0.4 is 10.6 Å². The summed E-state index contributed by atoms with van der Waals surface area (Å²) in [4.78, 5) is 31.2. The second kappa shape index (κ2) is 9.93. The molecule has 0 spiro atoms. The Morgan fingerprint density at radius 2 is 1.81 bits per heavy atom. The molecule has 0 unspecified atom stereocenters. The Hall–Kier alpha value is -3.61. The minimum Gasteiger partial charge on any atom is -0.352 e. The molecule has 7 heteroatoms. The van der Waals surface area contributed by atoms with Gasteiger partial charge in [-0.3, -0.25) is 4.79 Å². The number of para-hydroxylation sites is 1. The summed E-state index contributed by atoms with van der Waals surface area (Å²) in [6, 6.07) is 17.3. The summed E-state index contributed by atoms with van der Waals surface area (Å²) in [5, 5.41) is 5.98. The predicted octanol–water partition coefficient (Wildman–Crippen LogP) is 3.49. The van der Waals surface area contributed by atoms with Crippen LogP contribution in [0.4, 0.5) is 10.5 Å². The summed E-state index contributed by atoms with van der Waals surface area (Å²) in [6.45, 7) is 2.27. The number of rotatable bonds is 6. The van der Waals surface area contributed by atoms with Crippen LogP contribution in [0.5, 0.6) is 0 Å². The predicted molar refractivity (Wildman–Crippen MR) is 119 cm³/mol. The number of carbonyl (C=O) groups excluding carboxylic acids is 2. The van der Waals surface area contributed by atoms with Crippen molar-refractivity contribution < 1.29 is 9.59 Å². The molecule has 7 nitrogen and oxygen atoms in total. The summed E-state index contributed by atoms with van der Waals surface area (Å²) in [7, 11) is 0. The van der Waals surface area contributed by atoms with Gasteiger partial charge in [-0.05, 0) is 36.1 Å². The van der Waals surface area contributed by atoms with E-state index in [2.05, 4.69) is 21.7 Å². The zero-order valence-electron chi connectivity index (χ0n) is 17.4. The number of piperidine rings is 1. The number of hydrogen-bond acceptors (Lipinski definition) is 3. The summed E-state index contributed by atoms with van der Waals surface area (Å²) in [5.74, 6) is -0.203. The fourth-order valence-corrected chi connectivity index (χ4v) is 3.89. The zero-order valence-corrected chi connectivity index (χ0v) is 17.4. The number of nitrogens with zero attached hydrogens (tertiary/aromatic N) is 3. The number of nitrogens with one attached hydrogen (secondary N) is 2. The highest BCUT2D eigenvalue weighted by molar-refractivity contribution is 5.90. The van der Waals surface area contributed by atoms with Crippen molar-refractivity contribution in [2.24, 2.45) is 5.92 Å². The van der Waals surface area contributed by atoms with Crippen LogP contribution >= 0.6 is 0 Å². The highest BCUT2D eigenvalue weighted by Crippen LogP contribution is 2.19. The molecule has 1 aliphatic heterocycles. The number of hydrogen-bond donors (Lipinski definition) is 2. The van der Waals surface area contributed by atoms with E-state index in [0.29, 0.717) is 26.2 Å². The molecule has 2 aromatic carbocycles. The third-order valence-electron chi connectivity index (χ3n) is 5.59. The van der Waals surface area contributed by atoms with Crippen LogP contribution in [0.15, 0.2) is 73.3 Å². The number of likely N-dealkylation sites (tertiary alicyclic amines) is 1. The van der Waals surface area contributed by atoms with E-state index in [1.54, 1.807) is 17.4 Å². The molecule has 1 aromatic heterocycles. The van der Waals surface area contributed by atoms with Gasteiger partial charge in [0.05, 0.1) is 12.2 Å². The number of urea groups is 1. The van der Waals surface area contributed by atoms with Gasteiger partial charge in [-0.1, -0.05) is 42.5 Å². The average Bonchev–Trinajstić information content (AvgIpc) is 3.32. The lowest BCUT2D eigenvalue weighted by Gasteiger charge is -2.32. The van der Waals surface area contributed by atoms with Gasteiger partial charge in [0.25, 0.3) is 0 Å². The SMILES string of the molecule is O=C(NCc1ccccc1Cn1ccnc1)[C@H]1CCCN(C(=O)Nc2ccccc2)C1. The molecular formula is C24H27N5O2. The van der Waals surface area contributed by atoms with Crippen LogP contribution in [0.25, 0.3) is 0 Å². The van der Waals surface area contributed by atoms with Crippen molar-refractivity contribution in [2.45, 2.75) is 25.9 Å². The fraction of sp³-hybridized carbons (Fsp3) is 0.292. The van der Waals surface area contributed by atoms with E-state index >= 15 is 0 Å². The Bertz CT molecular complexity index is 1000. The van der Waals surface area contributed by atoms with E-state index < -0.39 is 0 Å². The molecule has 1 saturated heterocycles. The van der Waals surface area contributed by atoms with Crippen LogP contribution in [0, 0.1) is 5.92 Å². The summed E-state index contributed by atoms with van der Waals surface area (Å²) >= 11 is 0. The van der Waals surface area contributed by atoms with Gasteiger partial charge in [0, 0.05) is 44.3 Å². The Labute approximate surface area is 182 Å². The standard InChI is InChI=1S/C24H27N5O2/c30-23(26-15-19-7-4-5-8-20(19)16-28-14-12-25-18-28)21-9-6-13-29(17-21)24(31)27-22-10-2-1-3-11-22/h1-5,7-8,10-12,14,18,21H,6,9,13,15-17H2,(H,26,30)(H,27,31)/t21-/m0/s1. The highest BCUT2D eigenvalue weighted by Gasteiger charge is 2.28. The lowest BCUT2D eigenvalue weighted by atomic mass is 9.97. The Balaban J connectivity index is 1.32. The number of anilines is 1. The monoisotopic (exact) mass is 417 g/mol. The third kappa shape index (κ3) is 5.51. The molecule has 1 atom stereocenters. The van der Waals surface area contributed by atoms with Crippen LogP contribution in [0.1, 0.15) is 24.0 Å². The van der Waals surface area contributed by atoms with E-state index in [1.807, 2.05) is 59.3 Å². The molecule has 0 bridgehead atoms. The lowest BCUT2D eigenvalue weighted by Crippen LogP contribution is -2.46. The summed E-state index contributed by atoms with van der Waals surface area (Å²) in [6.07, 6.45) is 7.07. The van der Waals surface area contributed by atoms with Crippen molar-refractivity contribution >= 4 is 17.6 Å². The molecule has 3 amide bonds. The van der Waals surface area contributed by atoms with E-state index in [0.717, 1.165) is 29.7 Å². The van der Waals surface area contributed by atoms with E-state index in [1.165, 1.54) is 0 Å². The molecule has 1 fully saturated rings. The van der Waals surface area contributed by atoms with Crippen LogP contribution in [0.2, 0.25) is 0 Å². The lowest BCUT2D eigenvalue weighted by molar-refractivity contribution is -0.126. The van der Waals surface area contributed by atoms with E-state index in [9.17, 15) is 9.59 Å². The van der Waals surface area contributed by atoms with Gasteiger partial charge in [0.1, 0.15) is 0 Å². The van der Waals surface area contributed by atoms with Crippen LogP contribution in [-0.4, -0.2) is 39.5 Å². The van der Waals surface area contributed by atoms with Crippen LogP contribution in [0.3, 0.4) is 0 Å². The van der Waals surface area contributed by atoms with Gasteiger partial charge in [0.15, 0.2) is 0 Å². The quantitative estimate of drug-likeness (QED) is 0.644. The Morgan fingerprint density at radius 3 is 2.58 bits per heavy atom. The summed E-state index contributed by atoms with van der Waals surface area (Å²) in [5.41, 5.74) is 2.99. The largest absolute Gasteiger partial charge is 0.352 e. The van der Waals surface area contributed by atoms with Gasteiger partial charge in [0.2, 0.25) is 5.91 Å². The van der Waals surface area contributed by atoms with Crippen LogP contribution in [-0.2, 0) is 17.9 Å². The first-order chi connectivity index (χ1) is 15.2. The maximum absolute atomic E-state index is 12.8. The molecule has 0 saturated carbocycles. The number of benzene rings is 2. The van der Waals surface area contributed by atoms with Crippen molar-refractivity contribution in [1.82, 2.24) is 19.8 Å². The molecule has 160 valence electrons. The van der Waals surface area contributed by atoms with Crippen molar-refractivity contribution in [1.29, 1.82) is 0 Å². The zero-order chi connectivity index (χ0) is 21.5. The average molecular weight is 418 g/mol. The minimum absolute atomic E-state index is 0.00496. The van der Waals surface area contributed by atoms with Gasteiger partial charge < -0.3 is 20.1 Å². The van der Waals surface area contributed by atoms with Gasteiger partial charge in [-0.15, -0.1) is 0 Å². The molecule has 0 radical (unpaired) electrons. The molecule has 2 heterocycles. The first-order valence-corrected chi connectivity index (χ1v) is 10.6. The topological polar surface area (TPSA) is 79.3 Å². The van der Waals surface area contributed by atoms with E-state index in [4.69, 9.17) is 0 Å². The fourth-order valence-electron chi connectivity index (χ4n) is 3.89. The second-order valence-corrected chi connectivity index (χ2v) is 7.80. The smallest absolute Gasteiger partial charge is 0.321 e. The third-order valence-corrected chi connectivity index (χ3v) is 5.59. The minimum atomic E-state index is -0.198. The maximum Gasteiger partial charge on any atom is 0.321 e. The molecule has 0 aliphatic carbocycles. The second-order valence-electron chi connectivity index (χ2n) is 7.80. The normalized spacial score (nSPS) is 16.0. The molecule has 4 rings (SSSR count). The van der Waals surface area contributed by atoms with Gasteiger partial charge in [-0.25, -0.2) is 9.78 Å². The summed E-state index contributed by atoms with van der Waals surface area (Å²) < 4.78 is 2.00. The number of amides is 3. The van der Waals surface area contributed by atoms with Gasteiger partial charge in [-0.2, -0.15) is 0 Å². The van der Waals surface area contributed by atoms with Crippen molar-refractivity contribution in [3.05, 3.63) is 84.4 Å².